The fraction of sp³-hybridized carbons (Fsp3) is 0.300. The second kappa shape index (κ2) is 8.14. The second-order valence-corrected chi connectivity index (χ2v) is 7.93. The number of H-pyrrole nitrogens is 1. The number of halogens is 1. The van der Waals surface area contributed by atoms with Gasteiger partial charge < -0.3 is 10.3 Å². The minimum atomic E-state index is -0.205. The number of hydrogen-bond donors (Lipinski definition) is 2. The van der Waals surface area contributed by atoms with Crippen molar-refractivity contribution in [3.63, 3.8) is 0 Å². The summed E-state index contributed by atoms with van der Waals surface area (Å²) in [5, 5.41) is 3.56. The number of amides is 1. The van der Waals surface area contributed by atoms with E-state index in [1.807, 2.05) is 42.7 Å². The maximum Gasteiger partial charge on any atom is 0.253 e. The fourth-order valence-electron chi connectivity index (χ4n) is 2.89. The van der Waals surface area contributed by atoms with Crippen LogP contribution in [0.2, 0.25) is 5.02 Å². The van der Waals surface area contributed by atoms with Crippen LogP contribution in [-0.2, 0) is 0 Å². The molecule has 0 saturated carbocycles. The highest BCUT2D eigenvalue weighted by atomic mass is 35.5. The summed E-state index contributed by atoms with van der Waals surface area (Å²) in [5.41, 5.74) is 2.35. The van der Waals surface area contributed by atoms with Gasteiger partial charge in [-0.1, -0.05) is 37.6 Å². The molecule has 0 aliphatic heterocycles. The number of hydrogen-bond acceptors (Lipinski definition) is 3. The summed E-state index contributed by atoms with van der Waals surface area (Å²) < 4.78 is 0. The minimum absolute atomic E-state index is 0.183. The Morgan fingerprint density at radius 1 is 1.27 bits per heavy atom. The molecule has 136 valence electrons. The van der Waals surface area contributed by atoms with E-state index in [9.17, 15) is 4.79 Å². The molecule has 1 amide bonds. The molecule has 1 heterocycles. The van der Waals surface area contributed by atoms with Gasteiger partial charge in [-0.25, -0.2) is 4.98 Å². The summed E-state index contributed by atoms with van der Waals surface area (Å²) in [6, 6.07) is 13.2. The summed E-state index contributed by atoms with van der Waals surface area (Å²) in [6.45, 7) is 4.26. The standard InChI is InChI=1S/C20H22ClN3OS/c1-12(2)10-18(19-22-16-6-4-5-7-17(16)23-19)24-20(25)14-11-13(26-3)8-9-15(14)21/h4-9,11-12,18H,10H2,1-3H3,(H,22,23)(H,24,25). The van der Waals surface area contributed by atoms with Gasteiger partial charge in [0.25, 0.3) is 5.91 Å². The highest BCUT2D eigenvalue weighted by molar-refractivity contribution is 7.98. The zero-order chi connectivity index (χ0) is 18.7. The Morgan fingerprint density at radius 3 is 2.73 bits per heavy atom. The van der Waals surface area contributed by atoms with Crippen LogP contribution < -0.4 is 5.32 Å². The topological polar surface area (TPSA) is 57.8 Å². The maximum absolute atomic E-state index is 12.9. The van der Waals surface area contributed by atoms with E-state index in [2.05, 4.69) is 29.1 Å². The lowest BCUT2D eigenvalue weighted by Gasteiger charge is -2.19. The number of carbonyl (C=O) groups is 1. The highest BCUT2D eigenvalue weighted by Crippen LogP contribution is 2.26. The van der Waals surface area contributed by atoms with Gasteiger partial charge in [0, 0.05) is 4.90 Å². The second-order valence-electron chi connectivity index (χ2n) is 6.64. The van der Waals surface area contributed by atoms with Gasteiger partial charge in [-0.05, 0) is 48.9 Å². The lowest BCUT2D eigenvalue weighted by molar-refractivity contribution is 0.0930. The Labute approximate surface area is 162 Å². The molecule has 0 fully saturated rings. The van der Waals surface area contributed by atoms with E-state index < -0.39 is 0 Å². The first-order valence-corrected chi connectivity index (χ1v) is 10.2. The van der Waals surface area contributed by atoms with Crippen LogP contribution in [0.1, 0.15) is 42.5 Å². The van der Waals surface area contributed by atoms with Gasteiger partial charge in [-0.3, -0.25) is 4.79 Å². The molecule has 2 N–H and O–H groups in total. The summed E-state index contributed by atoms with van der Waals surface area (Å²) in [7, 11) is 0. The molecule has 3 rings (SSSR count). The zero-order valence-electron chi connectivity index (χ0n) is 15.0. The monoisotopic (exact) mass is 387 g/mol. The number of rotatable bonds is 6. The van der Waals surface area contributed by atoms with Gasteiger partial charge >= 0.3 is 0 Å². The normalized spacial score (nSPS) is 12.5. The van der Waals surface area contributed by atoms with Crippen molar-refractivity contribution in [3.05, 3.63) is 58.9 Å². The molecule has 0 aliphatic rings. The number of thioether (sulfide) groups is 1. The van der Waals surface area contributed by atoms with Crippen molar-refractivity contribution in [3.8, 4) is 0 Å². The molecule has 0 radical (unpaired) electrons. The number of aromatic nitrogens is 2. The molecule has 26 heavy (non-hydrogen) atoms. The molecule has 1 aromatic heterocycles. The summed E-state index contributed by atoms with van der Waals surface area (Å²) >= 11 is 7.83. The number of imidazole rings is 1. The van der Waals surface area contributed by atoms with Crippen molar-refractivity contribution in [1.29, 1.82) is 0 Å². The fourth-order valence-corrected chi connectivity index (χ4v) is 3.53. The number of nitrogens with one attached hydrogen (secondary N) is 2. The first-order chi connectivity index (χ1) is 12.5. The van der Waals surface area contributed by atoms with Gasteiger partial charge in [0.2, 0.25) is 0 Å². The molecule has 0 saturated heterocycles. The predicted molar refractivity (Wildman–Crippen MR) is 109 cm³/mol. The van der Waals surface area contributed by atoms with Gasteiger partial charge in [0.1, 0.15) is 5.82 Å². The van der Waals surface area contributed by atoms with E-state index in [1.165, 1.54) is 0 Å². The molecule has 0 spiro atoms. The van der Waals surface area contributed by atoms with Gasteiger partial charge in [-0.15, -0.1) is 11.8 Å². The summed E-state index contributed by atoms with van der Waals surface area (Å²) in [4.78, 5) is 21.9. The van der Waals surface area contributed by atoms with Crippen LogP contribution in [0.3, 0.4) is 0 Å². The molecule has 4 nitrogen and oxygen atoms in total. The lowest BCUT2D eigenvalue weighted by Crippen LogP contribution is -2.30. The Bertz CT molecular complexity index is 889. The molecule has 6 heteroatoms. The summed E-state index contributed by atoms with van der Waals surface area (Å²) in [5.74, 6) is 0.990. The van der Waals surface area contributed by atoms with E-state index >= 15 is 0 Å². The number of carbonyl (C=O) groups excluding carboxylic acids is 1. The first kappa shape index (κ1) is 18.8. The number of aromatic amines is 1. The smallest absolute Gasteiger partial charge is 0.253 e. The van der Waals surface area contributed by atoms with Crippen molar-refractivity contribution < 1.29 is 4.79 Å². The third-order valence-electron chi connectivity index (χ3n) is 4.17. The van der Waals surface area contributed by atoms with Crippen LogP contribution in [0.4, 0.5) is 0 Å². The SMILES string of the molecule is CSc1ccc(Cl)c(C(=O)NC(CC(C)C)c2nc3ccccc3[nH]2)c1. The third kappa shape index (κ3) is 4.22. The Hall–Kier alpha value is -1.98. The molecule has 2 aromatic carbocycles. The van der Waals surface area contributed by atoms with Gasteiger partial charge in [-0.2, -0.15) is 0 Å². The average molecular weight is 388 g/mol. The van der Waals surface area contributed by atoms with Crippen molar-refractivity contribution in [2.24, 2.45) is 5.92 Å². The van der Waals surface area contributed by atoms with Crippen molar-refractivity contribution in [1.82, 2.24) is 15.3 Å². The number of fused-ring (bicyclic) bond motifs is 1. The van der Waals surface area contributed by atoms with E-state index in [1.54, 1.807) is 17.8 Å². The Balaban J connectivity index is 1.90. The molecule has 1 atom stereocenters. The van der Waals surface area contributed by atoms with Gasteiger partial charge in [0.15, 0.2) is 0 Å². The van der Waals surface area contributed by atoms with Gasteiger partial charge in [0.05, 0.1) is 27.7 Å². The van der Waals surface area contributed by atoms with Crippen molar-refractivity contribution in [2.75, 3.05) is 6.26 Å². The van der Waals surface area contributed by atoms with Crippen LogP contribution in [0, 0.1) is 5.92 Å². The van der Waals surface area contributed by atoms with E-state index in [0.717, 1.165) is 28.2 Å². The van der Waals surface area contributed by atoms with Crippen LogP contribution in [0.25, 0.3) is 11.0 Å². The number of nitrogens with zero attached hydrogens (tertiary/aromatic N) is 1. The Morgan fingerprint density at radius 2 is 2.04 bits per heavy atom. The molecule has 1 unspecified atom stereocenters. The van der Waals surface area contributed by atoms with Crippen molar-refractivity contribution in [2.45, 2.75) is 31.2 Å². The maximum atomic E-state index is 12.9. The van der Waals surface area contributed by atoms with Crippen LogP contribution >= 0.6 is 23.4 Å². The van der Waals surface area contributed by atoms with E-state index in [4.69, 9.17) is 11.6 Å². The number of para-hydroxylation sites is 2. The van der Waals surface area contributed by atoms with Crippen LogP contribution in [0.5, 0.6) is 0 Å². The van der Waals surface area contributed by atoms with Crippen LogP contribution in [0.15, 0.2) is 47.4 Å². The molecule has 0 aliphatic carbocycles. The van der Waals surface area contributed by atoms with E-state index in [0.29, 0.717) is 16.5 Å². The van der Waals surface area contributed by atoms with E-state index in [-0.39, 0.29) is 11.9 Å². The first-order valence-electron chi connectivity index (χ1n) is 8.57. The highest BCUT2D eigenvalue weighted by Gasteiger charge is 2.22. The minimum Gasteiger partial charge on any atom is -0.342 e. The molecule has 0 bridgehead atoms. The largest absolute Gasteiger partial charge is 0.342 e. The zero-order valence-corrected chi connectivity index (χ0v) is 16.6. The average Bonchev–Trinajstić information content (AvgIpc) is 3.05. The molecule has 3 aromatic rings. The summed E-state index contributed by atoms with van der Waals surface area (Å²) in [6.07, 6.45) is 2.76. The third-order valence-corrected chi connectivity index (χ3v) is 5.22. The predicted octanol–water partition coefficient (Wildman–Crippen LogP) is 5.46. The van der Waals surface area contributed by atoms with Crippen molar-refractivity contribution >= 4 is 40.3 Å². The number of benzene rings is 2. The Kier molecular flexibility index (Phi) is 5.89. The molecular formula is C20H22ClN3OS. The quantitative estimate of drug-likeness (QED) is 0.552. The lowest BCUT2D eigenvalue weighted by atomic mass is 10.0. The van der Waals surface area contributed by atoms with Crippen LogP contribution in [-0.4, -0.2) is 22.1 Å². The molecular weight excluding hydrogens is 366 g/mol.